The van der Waals surface area contributed by atoms with Crippen molar-refractivity contribution in [1.82, 2.24) is 9.62 Å². The van der Waals surface area contributed by atoms with Crippen LogP contribution in [-0.4, -0.2) is 97.1 Å². The first-order valence-electron chi connectivity index (χ1n) is 9.38. The van der Waals surface area contributed by atoms with Gasteiger partial charge in [0.05, 0.1) is 5.75 Å². The largest absolute Gasteiger partial charge is 0.332 e. The number of aryl methyl sites for hydroxylation is 2. The first kappa shape index (κ1) is 23.3. The second kappa shape index (κ2) is 9.69. The monoisotopic (exact) mass is 418 g/mol. The van der Waals surface area contributed by atoms with Crippen LogP contribution in [-0.2, 0) is 35.7 Å². The number of nitrogens with one attached hydrogen (secondary N) is 2. The number of amides is 2. The zero-order chi connectivity index (χ0) is 18.9. The van der Waals surface area contributed by atoms with Gasteiger partial charge in [0.2, 0.25) is 10.0 Å². The van der Waals surface area contributed by atoms with E-state index in [2.05, 4.69) is 16.1 Å². The molecular weight excluding hydrogens is 389 g/mol. The van der Waals surface area contributed by atoms with E-state index in [4.69, 9.17) is 0 Å². The molecule has 1 aromatic carbocycles. The predicted octanol–water partition coefficient (Wildman–Crippen LogP) is 1.93. The summed E-state index contributed by atoms with van der Waals surface area (Å²) in [6, 6.07) is 1.64. The fourth-order valence-corrected chi connectivity index (χ4v) is 5.61. The third kappa shape index (κ3) is 6.01. The van der Waals surface area contributed by atoms with E-state index in [-0.39, 0.29) is 63.1 Å². The molecule has 3 rings (SSSR count). The van der Waals surface area contributed by atoms with Crippen LogP contribution in [0, 0.1) is 5.92 Å². The molecule has 1 unspecified atom stereocenters. The molecule has 0 spiro atoms. The predicted molar refractivity (Wildman–Crippen MR) is 110 cm³/mol. The summed E-state index contributed by atoms with van der Waals surface area (Å²) in [5, 5.41) is 2.87. The molecule has 1 aromatic rings. The number of rotatable bonds is 6. The summed E-state index contributed by atoms with van der Waals surface area (Å²) in [5.41, 5.74) is 5.87. The van der Waals surface area contributed by atoms with Crippen LogP contribution >= 0.6 is 0 Å². The van der Waals surface area contributed by atoms with Gasteiger partial charge < -0.3 is 10.2 Å². The molecule has 27 heavy (non-hydrogen) atoms. The third-order valence-corrected chi connectivity index (χ3v) is 6.64. The quantitative estimate of drug-likeness (QED) is 0.692. The summed E-state index contributed by atoms with van der Waals surface area (Å²) in [6.45, 7) is 2.52. The van der Waals surface area contributed by atoms with E-state index in [1.807, 2.05) is 25.9 Å². The molecule has 0 heterocycles. The van der Waals surface area contributed by atoms with Gasteiger partial charge in [-0.05, 0) is 80.8 Å². The molecule has 2 aliphatic carbocycles. The Balaban J connectivity index is 0.00000261. The molecule has 2 aliphatic rings. The second-order valence-corrected chi connectivity index (χ2v) is 9.71. The Bertz CT molecular complexity index is 777. The fraction of sp³-hybridized carbons (Fsp3) is 0.632. The minimum Gasteiger partial charge on any atom is -0.309 e. The minimum atomic E-state index is -3.66. The molecule has 1 atom stereocenters. The molecular formula is C19H29KN3O3S. The Kier molecular flexibility index (Phi) is 8.37. The normalized spacial score (nSPS) is 16.4. The van der Waals surface area contributed by atoms with E-state index >= 15 is 0 Å². The molecule has 6 nitrogen and oxygen atoms in total. The summed E-state index contributed by atoms with van der Waals surface area (Å²) in [5.74, 6) is -0.121. The van der Waals surface area contributed by atoms with Gasteiger partial charge in [-0.2, -0.15) is 0 Å². The van der Waals surface area contributed by atoms with Crippen LogP contribution in [0.25, 0.3) is 0 Å². The number of hydrogen-bond donors (Lipinski definition) is 2. The van der Waals surface area contributed by atoms with Gasteiger partial charge in [0.1, 0.15) is 0 Å². The van der Waals surface area contributed by atoms with Crippen LogP contribution in [0.15, 0.2) is 6.07 Å². The molecule has 0 saturated carbocycles. The molecule has 0 fully saturated rings. The topological polar surface area (TPSA) is 78.5 Å². The van der Waals surface area contributed by atoms with Crippen LogP contribution in [0.2, 0.25) is 0 Å². The Morgan fingerprint density at radius 2 is 1.67 bits per heavy atom. The maximum Gasteiger partial charge on any atom is 0.332 e. The standard InChI is InChI=1S/C19H29N3O3S.K/c1-13(11-22(2)3)12-26(24,25)21-19(23)20-18-16-8-4-6-14(16)10-15-7-5-9-17(15)18;/h10,13H,4-9,11-12H2,1-3H3,(H2,20,21,23);. The zero-order valence-corrected chi connectivity index (χ0v) is 20.8. The summed E-state index contributed by atoms with van der Waals surface area (Å²) < 4.78 is 26.8. The molecule has 1 radical (unpaired) electrons. The summed E-state index contributed by atoms with van der Waals surface area (Å²) in [7, 11) is 0.143. The van der Waals surface area contributed by atoms with Crippen LogP contribution in [0.4, 0.5) is 10.5 Å². The number of hydrogen-bond acceptors (Lipinski definition) is 4. The van der Waals surface area contributed by atoms with Crippen molar-refractivity contribution in [3.8, 4) is 0 Å². The minimum absolute atomic E-state index is 0. The van der Waals surface area contributed by atoms with Crippen molar-refractivity contribution in [1.29, 1.82) is 0 Å². The van der Waals surface area contributed by atoms with Gasteiger partial charge in [0, 0.05) is 63.6 Å². The van der Waals surface area contributed by atoms with Crippen molar-refractivity contribution < 1.29 is 13.2 Å². The van der Waals surface area contributed by atoms with Gasteiger partial charge in [0.25, 0.3) is 0 Å². The third-order valence-electron chi connectivity index (χ3n) is 5.14. The van der Waals surface area contributed by atoms with Gasteiger partial charge in [-0.1, -0.05) is 13.0 Å². The van der Waals surface area contributed by atoms with Crippen molar-refractivity contribution in [3.05, 3.63) is 28.3 Å². The average Bonchev–Trinajstić information content (AvgIpc) is 3.12. The smallest absolute Gasteiger partial charge is 0.309 e. The Morgan fingerprint density at radius 3 is 2.19 bits per heavy atom. The number of nitrogens with zero attached hydrogens (tertiary/aromatic N) is 1. The maximum absolute atomic E-state index is 12.4. The van der Waals surface area contributed by atoms with Crippen LogP contribution in [0.5, 0.6) is 0 Å². The van der Waals surface area contributed by atoms with E-state index in [1.165, 1.54) is 22.3 Å². The first-order chi connectivity index (χ1) is 12.2. The molecule has 0 bridgehead atoms. The first-order valence-corrected chi connectivity index (χ1v) is 11.0. The number of sulfonamides is 1. The number of urea groups is 1. The SMILES string of the molecule is CC(CN(C)C)CS(=O)(=O)NC(=O)Nc1c2c(cc3c1CCC3)CCC2.[K]. The van der Waals surface area contributed by atoms with E-state index in [0.29, 0.717) is 6.54 Å². The number of benzene rings is 1. The Labute approximate surface area is 205 Å². The fourth-order valence-electron chi connectivity index (χ4n) is 4.34. The van der Waals surface area contributed by atoms with Crippen LogP contribution < -0.4 is 10.0 Å². The number of carbonyl (C=O) groups excluding carboxylic acids is 1. The molecule has 0 aliphatic heterocycles. The van der Waals surface area contributed by atoms with E-state index in [9.17, 15) is 13.2 Å². The van der Waals surface area contributed by atoms with Crippen molar-refractivity contribution in [2.45, 2.75) is 45.4 Å². The van der Waals surface area contributed by atoms with E-state index in [0.717, 1.165) is 44.2 Å². The van der Waals surface area contributed by atoms with Crippen molar-refractivity contribution in [3.63, 3.8) is 0 Å². The molecule has 2 amide bonds. The Morgan fingerprint density at radius 1 is 1.11 bits per heavy atom. The van der Waals surface area contributed by atoms with Gasteiger partial charge in [0.15, 0.2) is 0 Å². The Hall–Kier alpha value is 0.0364. The number of fused-ring (bicyclic) bond motifs is 2. The van der Waals surface area contributed by atoms with Crippen LogP contribution in [0.3, 0.4) is 0 Å². The molecule has 0 aromatic heterocycles. The molecule has 145 valence electrons. The summed E-state index contributed by atoms with van der Waals surface area (Å²) in [4.78, 5) is 14.4. The van der Waals surface area contributed by atoms with Crippen molar-refractivity contribution in [2.24, 2.45) is 5.92 Å². The summed E-state index contributed by atoms with van der Waals surface area (Å²) in [6.07, 6.45) is 6.16. The van der Waals surface area contributed by atoms with Gasteiger partial charge in [-0.25, -0.2) is 17.9 Å². The number of carbonyl (C=O) groups is 1. The maximum atomic E-state index is 12.4. The van der Waals surface area contributed by atoms with E-state index < -0.39 is 16.1 Å². The van der Waals surface area contributed by atoms with Gasteiger partial charge in [-0.15, -0.1) is 0 Å². The van der Waals surface area contributed by atoms with Crippen LogP contribution in [0.1, 0.15) is 42.0 Å². The zero-order valence-electron chi connectivity index (χ0n) is 16.9. The van der Waals surface area contributed by atoms with Gasteiger partial charge >= 0.3 is 6.03 Å². The average molecular weight is 419 g/mol. The van der Waals surface area contributed by atoms with Crippen molar-refractivity contribution in [2.75, 3.05) is 31.7 Å². The molecule has 0 saturated heterocycles. The van der Waals surface area contributed by atoms with Gasteiger partial charge in [-0.3, -0.25) is 0 Å². The molecule has 2 N–H and O–H groups in total. The summed E-state index contributed by atoms with van der Waals surface area (Å²) >= 11 is 0. The van der Waals surface area contributed by atoms with Crippen molar-refractivity contribution >= 4 is 73.1 Å². The second-order valence-electron chi connectivity index (χ2n) is 7.94. The number of anilines is 1. The molecule has 8 heteroatoms. The van der Waals surface area contributed by atoms with E-state index in [1.54, 1.807) is 0 Å².